The highest BCUT2D eigenvalue weighted by Crippen LogP contribution is 2.65. The second-order valence-electron chi connectivity index (χ2n) is 12.3. The van der Waals surface area contributed by atoms with Gasteiger partial charge in [-0.3, -0.25) is 28.7 Å². The summed E-state index contributed by atoms with van der Waals surface area (Å²) >= 11 is 0. The average molecular weight is 591 g/mol. The minimum atomic E-state index is -1.19. The normalized spacial score (nSPS) is 39.1. The van der Waals surface area contributed by atoms with Gasteiger partial charge in [0.2, 0.25) is 0 Å². The molecule has 15 heteroatoms. The Hall–Kier alpha value is -2.92. The second-order valence-corrected chi connectivity index (χ2v) is 12.3. The van der Waals surface area contributed by atoms with E-state index in [-0.39, 0.29) is 12.2 Å². The molecule has 4 saturated heterocycles. The molecule has 5 N–H and O–H groups in total. The Labute approximate surface area is 237 Å². The molecule has 2 spiro atoms. The molecular formula is C27H34N4O11. The Morgan fingerprint density at radius 3 is 1.57 bits per heavy atom. The zero-order valence-corrected chi connectivity index (χ0v) is 23.4. The fourth-order valence-corrected chi connectivity index (χ4v) is 7.45. The summed E-state index contributed by atoms with van der Waals surface area (Å²) in [5, 5.41) is 30.7. The molecule has 0 amide bonds. The van der Waals surface area contributed by atoms with Crippen molar-refractivity contribution in [3.8, 4) is 0 Å². The number of nitrogens with one attached hydrogen (secondary N) is 2. The van der Waals surface area contributed by atoms with Crippen LogP contribution in [0.4, 0.5) is 0 Å². The Morgan fingerprint density at radius 2 is 1.17 bits per heavy atom. The molecule has 2 aromatic rings. The van der Waals surface area contributed by atoms with E-state index in [4.69, 9.17) is 18.9 Å². The van der Waals surface area contributed by atoms with E-state index in [2.05, 4.69) is 9.97 Å². The monoisotopic (exact) mass is 590 g/mol. The highest BCUT2D eigenvalue weighted by Gasteiger charge is 2.79. The Morgan fingerprint density at radius 1 is 0.762 bits per heavy atom. The summed E-state index contributed by atoms with van der Waals surface area (Å²) in [6.07, 6.45) is 2.02. The first kappa shape index (κ1) is 27.9. The largest absolute Gasteiger partial charge is 0.393 e. The minimum Gasteiger partial charge on any atom is -0.393 e. The molecule has 0 radical (unpaired) electrons. The number of hydrogen-bond acceptors (Lipinski definition) is 11. The summed E-state index contributed by atoms with van der Waals surface area (Å²) < 4.78 is 26.4. The molecule has 8 atom stereocenters. The predicted octanol–water partition coefficient (Wildman–Crippen LogP) is -1.79. The average Bonchev–Trinajstić information content (AvgIpc) is 3.84. The van der Waals surface area contributed by atoms with Crippen LogP contribution in [0.1, 0.15) is 62.6 Å². The van der Waals surface area contributed by atoms with Crippen LogP contribution in [0.5, 0.6) is 0 Å². The van der Waals surface area contributed by atoms with Crippen molar-refractivity contribution < 1.29 is 34.3 Å². The third-order valence-electron chi connectivity index (χ3n) is 10.1. The topological polar surface area (TPSA) is 207 Å². The van der Waals surface area contributed by atoms with E-state index in [1.165, 1.54) is 21.5 Å². The van der Waals surface area contributed by atoms with E-state index < -0.39 is 76.2 Å². The van der Waals surface area contributed by atoms with Gasteiger partial charge in [-0.2, -0.15) is 0 Å². The quantitative estimate of drug-likeness (QED) is 0.269. The van der Waals surface area contributed by atoms with Crippen LogP contribution in [0.3, 0.4) is 0 Å². The van der Waals surface area contributed by atoms with E-state index >= 15 is 0 Å². The van der Waals surface area contributed by atoms with Gasteiger partial charge in [0.25, 0.3) is 11.1 Å². The maximum atomic E-state index is 12.0. The Kier molecular flexibility index (Phi) is 5.85. The van der Waals surface area contributed by atoms with Crippen LogP contribution >= 0.6 is 0 Å². The van der Waals surface area contributed by atoms with Gasteiger partial charge in [-0.1, -0.05) is 6.92 Å². The molecule has 4 aliphatic heterocycles. The smallest absolute Gasteiger partial charge is 0.330 e. The van der Waals surface area contributed by atoms with Crippen molar-refractivity contribution in [1.82, 2.24) is 19.1 Å². The summed E-state index contributed by atoms with van der Waals surface area (Å²) in [5.41, 5.74) is -4.23. The van der Waals surface area contributed by atoms with Crippen LogP contribution in [-0.4, -0.2) is 87.8 Å². The Bertz CT molecular complexity index is 1560. The molecule has 2 aromatic heterocycles. The first-order valence-electron chi connectivity index (χ1n) is 14.2. The van der Waals surface area contributed by atoms with E-state index in [1.54, 1.807) is 13.8 Å². The lowest BCUT2D eigenvalue weighted by Crippen LogP contribution is -2.53. The van der Waals surface area contributed by atoms with E-state index in [9.17, 15) is 34.5 Å². The number of aromatic nitrogens is 4. The number of H-pyrrole nitrogens is 2. The summed E-state index contributed by atoms with van der Waals surface area (Å²) in [6, 6.07) is 0. The zero-order chi connectivity index (χ0) is 30.0. The SMILES string of the molecule is CC[C@]12O[C@@H](n3cc(C)c(=O)[nH]c3=O)[C@@H](OC13CC3)C2O.Cc1cn([C@@H]2O[C@]3(CO)C(O)[C@@H]2OC32CC2)c(=O)[nH]c1=O. The first-order chi connectivity index (χ1) is 19.9. The molecule has 4 bridgehead atoms. The standard InChI is InChI=1S/C14H18N2O5.C13H16N2O6/c1-3-14-9(17)8(20-13(14)4-5-13)11(21-14)16-6-7(2)10(18)15-12(16)19;1-6-4-15(11(19)14-9(6)18)10-7-8(17)13(5-16,21-10)12(20-7)2-3-12/h6,8-9,11,17H,3-5H2,1-2H3,(H,15,18,19);4,7-8,10,16-17H,2-3,5H2,1H3,(H,14,18,19)/t8-,9?,11+,14+;7-,8?,10+,13+/m00/s1. The summed E-state index contributed by atoms with van der Waals surface area (Å²) in [4.78, 5) is 51.3. The van der Waals surface area contributed by atoms with Crippen molar-refractivity contribution >= 4 is 0 Å². The van der Waals surface area contributed by atoms with Crippen molar-refractivity contribution in [1.29, 1.82) is 0 Å². The molecule has 8 rings (SSSR count). The zero-order valence-electron chi connectivity index (χ0n) is 23.4. The molecule has 42 heavy (non-hydrogen) atoms. The fourth-order valence-electron chi connectivity index (χ4n) is 7.45. The lowest BCUT2D eigenvalue weighted by Gasteiger charge is -2.37. The molecule has 2 unspecified atom stereocenters. The van der Waals surface area contributed by atoms with Crippen molar-refractivity contribution in [2.75, 3.05) is 6.61 Å². The lowest BCUT2D eigenvalue weighted by atomic mass is 9.88. The number of aliphatic hydroxyl groups excluding tert-OH is 3. The number of aromatic amines is 2. The molecule has 6 heterocycles. The summed E-state index contributed by atoms with van der Waals surface area (Å²) in [5.74, 6) is 0. The van der Waals surface area contributed by atoms with Gasteiger partial charge in [-0.05, 0) is 46.0 Å². The van der Waals surface area contributed by atoms with E-state index in [0.29, 0.717) is 30.4 Å². The van der Waals surface area contributed by atoms with Crippen molar-refractivity contribution in [3.63, 3.8) is 0 Å². The van der Waals surface area contributed by atoms with Crippen LogP contribution < -0.4 is 22.5 Å². The highest BCUT2D eigenvalue weighted by atomic mass is 16.7. The van der Waals surface area contributed by atoms with Gasteiger partial charge in [0.05, 0.1) is 6.61 Å². The maximum absolute atomic E-state index is 12.0. The van der Waals surface area contributed by atoms with Crippen LogP contribution in [0.25, 0.3) is 0 Å². The highest BCUT2D eigenvalue weighted by molar-refractivity contribution is 5.26. The fraction of sp³-hybridized carbons (Fsp3) is 0.704. The van der Waals surface area contributed by atoms with E-state index in [1.807, 2.05) is 6.92 Å². The molecule has 15 nitrogen and oxygen atoms in total. The lowest BCUT2D eigenvalue weighted by molar-refractivity contribution is -0.235. The van der Waals surface area contributed by atoms with Gasteiger partial charge in [-0.15, -0.1) is 0 Å². The predicted molar refractivity (Wildman–Crippen MR) is 141 cm³/mol. The third-order valence-corrected chi connectivity index (χ3v) is 10.1. The van der Waals surface area contributed by atoms with Crippen LogP contribution in [0, 0.1) is 13.8 Å². The van der Waals surface area contributed by atoms with Gasteiger partial charge in [-0.25, -0.2) is 9.59 Å². The summed E-state index contributed by atoms with van der Waals surface area (Å²) in [6.45, 7) is 4.78. The molecule has 2 aliphatic carbocycles. The maximum Gasteiger partial charge on any atom is 0.330 e. The summed E-state index contributed by atoms with van der Waals surface area (Å²) in [7, 11) is 0. The number of rotatable bonds is 4. The first-order valence-corrected chi connectivity index (χ1v) is 14.2. The number of aliphatic hydroxyl groups is 3. The van der Waals surface area contributed by atoms with E-state index in [0.717, 1.165) is 12.8 Å². The molecule has 2 saturated carbocycles. The second kappa shape index (κ2) is 8.81. The van der Waals surface area contributed by atoms with Crippen molar-refractivity contribution in [3.05, 3.63) is 65.2 Å². The van der Waals surface area contributed by atoms with Gasteiger partial charge in [0, 0.05) is 23.5 Å². The Balaban J connectivity index is 0.000000137. The number of aryl methyl sites for hydroxylation is 2. The van der Waals surface area contributed by atoms with Crippen LogP contribution in [0.2, 0.25) is 0 Å². The van der Waals surface area contributed by atoms with Crippen LogP contribution in [0.15, 0.2) is 31.6 Å². The van der Waals surface area contributed by atoms with Gasteiger partial charge < -0.3 is 34.3 Å². The molecular weight excluding hydrogens is 556 g/mol. The molecule has 6 fully saturated rings. The number of ether oxygens (including phenoxy) is 4. The van der Waals surface area contributed by atoms with Crippen molar-refractivity contribution in [2.24, 2.45) is 0 Å². The number of fused-ring (bicyclic) bond motifs is 6. The number of nitrogens with zero attached hydrogens (tertiary/aromatic N) is 2. The van der Waals surface area contributed by atoms with Gasteiger partial charge >= 0.3 is 11.4 Å². The number of hydrogen-bond donors (Lipinski definition) is 5. The molecule has 228 valence electrons. The molecule has 0 aromatic carbocycles. The van der Waals surface area contributed by atoms with Gasteiger partial charge in [0.15, 0.2) is 18.1 Å². The van der Waals surface area contributed by atoms with Crippen molar-refractivity contribution in [2.45, 2.75) is 112 Å². The van der Waals surface area contributed by atoms with Crippen LogP contribution in [-0.2, 0) is 18.9 Å². The molecule has 6 aliphatic rings. The minimum absolute atomic E-state index is 0.356. The third kappa shape index (κ3) is 3.40. The van der Waals surface area contributed by atoms with Gasteiger partial charge in [0.1, 0.15) is 41.2 Å².